The summed E-state index contributed by atoms with van der Waals surface area (Å²) in [5.74, 6) is 0.750. The number of sulfonamides is 1. The first-order chi connectivity index (χ1) is 16.0. The average Bonchev–Trinajstić information content (AvgIpc) is 3.30. The molecule has 34 heavy (non-hydrogen) atoms. The second-order valence-electron chi connectivity index (χ2n) is 10.3. The molecule has 2 N–H and O–H groups in total. The Morgan fingerprint density at radius 1 is 1.15 bits per heavy atom. The maximum Gasteiger partial charge on any atom is 0.393 e. The zero-order valence-corrected chi connectivity index (χ0v) is 20.7. The van der Waals surface area contributed by atoms with E-state index in [4.69, 9.17) is 0 Å². The van der Waals surface area contributed by atoms with Gasteiger partial charge in [-0.1, -0.05) is 0 Å². The average molecular weight is 518 g/mol. The first-order valence-electron chi connectivity index (χ1n) is 11.8. The molecule has 12 heteroatoms. The fourth-order valence-electron chi connectivity index (χ4n) is 6.00. The molecule has 5 rings (SSSR count). The first-order valence-corrected chi connectivity index (χ1v) is 14.5. The van der Waals surface area contributed by atoms with Crippen molar-refractivity contribution in [2.24, 2.45) is 5.41 Å². The number of rotatable bonds is 6. The molecule has 0 bridgehead atoms. The molecule has 1 saturated heterocycles. The lowest BCUT2D eigenvalue weighted by Gasteiger charge is -2.47. The van der Waals surface area contributed by atoms with Gasteiger partial charge in [-0.3, -0.25) is 0 Å². The molecule has 2 aromatic heterocycles. The SMILES string of the molecule is CS(=O)(=O)N[C@H]1CC[C@H](NC2CC3(CCN(c4ncnc5sc(CC(F)(F)F)cc45)C3)C2)CC1. The fourth-order valence-corrected chi connectivity index (χ4v) is 7.86. The Morgan fingerprint density at radius 2 is 1.85 bits per heavy atom. The Hall–Kier alpha value is -1.50. The quantitative estimate of drug-likeness (QED) is 0.609. The predicted octanol–water partition coefficient (Wildman–Crippen LogP) is 3.61. The van der Waals surface area contributed by atoms with Gasteiger partial charge in [-0.15, -0.1) is 11.3 Å². The summed E-state index contributed by atoms with van der Waals surface area (Å²) in [6.45, 7) is 1.72. The Bertz CT molecular complexity index is 1140. The topological polar surface area (TPSA) is 87.2 Å². The zero-order chi connectivity index (χ0) is 24.1. The van der Waals surface area contributed by atoms with Gasteiger partial charge in [-0.25, -0.2) is 23.1 Å². The fraction of sp³-hybridized carbons (Fsp3) is 0.727. The number of anilines is 1. The molecule has 7 nitrogen and oxygen atoms in total. The van der Waals surface area contributed by atoms with Gasteiger partial charge in [0.1, 0.15) is 17.0 Å². The van der Waals surface area contributed by atoms with Crippen molar-refractivity contribution in [1.82, 2.24) is 20.0 Å². The number of aromatic nitrogens is 2. The molecule has 0 unspecified atom stereocenters. The highest BCUT2D eigenvalue weighted by Gasteiger charge is 2.49. The summed E-state index contributed by atoms with van der Waals surface area (Å²) < 4.78 is 64.1. The monoisotopic (exact) mass is 517 g/mol. The van der Waals surface area contributed by atoms with Gasteiger partial charge in [0, 0.05) is 36.1 Å². The van der Waals surface area contributed by atoms with Crippen molar-refractivity contribution in [2.75, 3.05) is 24.2 Å². The highest BCUT2D eigenvalue weighted by Crippen LogP contribution is 2.50. The van der Waals surface area contributed by atoms with E-state index in [-0.39, 0.29) is 16.3 Å². The van der Waals surface area contributed by atoms with Gasteiger partial charge in [-0.05, 0) is 56.4 Å². The summed E-state index contributed by atoms with van der Waals surface area (Å²) in [5.41, 5.74) is 0.231. The van der Waals surface area contributed by atoms with Crippen molar-refractivity contribution in [3.63, 3.8) is 0 Å². The standard InChI is InChI=1S/C22H30F3N5O2S2/c1-34(31,32)29-15-4-2-14(3-5-15)28-16-9-21(10-16)6-7-30(12-21)19-18-8-17(11-22(23,24)25)33-20(18)27-13-26-19/h8,13-16,28-29H,2-7,9-12H2,1H3/t14-,15-,16?,21?. The maximum atomic E-state index is 12.8. The number of thiophene rings is 1. The van der Waals surface area contributed by atoms with Crippen LogP contribution in [-0.2, 0) is 16.4 Å². The van der Waals surface area contributed by atoms with Crippen LogP contribution in [0.2, 0.25) is 0 Å². The van der Waals surface area contributed by atoms with E-state index < -0.39 is 22.6 Å². The van der Waals surface area contributed by atoms with Crippen LogP contribution in [0.5, 0.6) is 0 Å². The van der Waals surface area contributed by atoms with Gasteiger partial charge in [0.05, 0.1) is 18.1 Å². The predicted molar refractivity (Wildman–Crippen MR) is 127 cm³/mol. The van der Waals surface area contributed by atoms with Crippen molar-refractivity contribution in [3.05, 3.63) is 17.3 Å². The molecule has 0 aromatic carbocycles. The number of hydrogen-bond donors (Lipinski definition) is 2. The molecule has 3 heterocycles. The Morgan fingerprint density at radius 3 is 2.53 bits per heavy atom. The van der Waals surface area contributed by atoms with Crippen molar-refractivity contribution in [1.29, 1.82) is 0 Å². The van der Waals surface area contributed by atoms with Crippen LogP contribution in [-0.4, -0.2) is 62.0 Å². The Labute approximate surface area is 201 Å². The van der Waals surface area contributed by atoms with Gasteiger partial charge in [-0.2, -0.15) is 13.2 Å². The summed E-state index contributed by atoms with van der Waals surface area (Å²) in [6.07, 6.45) is 4.39. The van der Waals surface area contributed by atoms with Crippen LogP contribution in [0.4, 0.5) is 19.0 Å². The summed E-state index contributed by atoms with van der Waals surface area (Å²) >= 11 is 1.09. The second-order valence-corrected chi connectivity index (χ2v) is 13.2. The van der Waals surface area contributed by atoms with Crippen molar-refractivity contribution in [2.45, 2.75) is 75.7 Å². The normalized spacial score (nSPS) is 30.2. The van der Waals surface area contributed by atoms with Gasteiger partial charge in [0.15, 0.2) is 0 Å². The smallest absolute Gasteiger partial charge is 0.355 e. The lowest BCUT2D eigenvalue weighted by atomic mass is 9.64. The summed E-state index contributed by atoms with van der Waals surface area (Å²) in [4.78, 5) is 11.7. The van der Waals surface area contributed by atoms with E-state index in [0.29, 0.717) is 16.9 Å². The van der Waals surface area contributed by atoms with Gasteiger partial charge >= 0.3 is 6.18 Å². The second kappa shape index (κ2) is 8.86. The first kappa shape index (κ1) is 24.2. The molecule has 188 valence electrons. The van der Waals surface area contributed by atoms with E-state index in [1.54, 1.807) is 6.07 Å². The van der Waals surface area contributed by atoms with E-state index >= 15 is 0 Å². The number of nitrogens with zero attached hydrogens (tertiary/aromatic N) is 3. The van der Waals surface area contributed by atoms with Gasteiger partial charge in [0.25, 0.3) is 0 Å². The highest BCUT2D eigenvalue weighted by atomic mass is 32.2. The number of nitrogens with one attached hydrogen (secondary N) is 2. The molecular weight excluding hydrogens is 487 g/mol. The molecule has 1 aliphatic heterocycles. The van der Waals surface area contributed by atoms with Gasteiger partial charge in [0.2, 0.25) is 10.0 Å². The molecule has 0 amide bonds. The number of halogens is 3. The number of alkyl halides is 3. The van der Waals surface area contributed by atoms with Crippen LogP contribution in [0.1, 0.15) is 49.8 Å². The maximum absolute atomic E-state index is 12.8. The molecule has 2 aromatic rings. The Balaban J connectivity index is 1.15. The molecule has 1 spiro atoms. The van der Waals surface area contributed by atoms with Crippen LogP contribution in [0.3, 0.4) is 0 Å². The molecule has 3 fully saturated rings. The van der Waals surface area contributed by atoms with Crippen LogP contribution in [0.15, 0.2) is 12.4 Å². The van der Waals surface area contributed by atoms with Gasteiger partial charge < -0.3 is 10.2 Å². The Kier molecular flexibility index (Phi) is 6.31. The third kappa shape index (κ3) is 5.50. The van der Waals surface area contributed by atoms with E-state index in [0.717, 1.165) is 80.6 Å². The minimum atomic E-state index is -4.23. The molecule has 0 radical (unpaired) electrons. The van der Waals surface area contributed by atoms with Crippen LogP contribution >= 0.6 is 11.3 Å². The molecule has 2 aliphatic carbocycles. The minimum Gasteiger partial charge on any atom is -0.355 e. The van der Waals surface area contributed by atoms with Crippen molar-refractivity contribution >= 4 is 37.4 Å². The lowest BCUT2D eigenvalue weighted by Crippen LogP contribution is -2.54. The van der Waals surface area contributed by atoms with E-state index in [1.807, 2.05) is 0 Å². The van der Waals surface area contributed by atoms with E-state index in [1.165, 1.54) is 12.6 Å². The molecular formula is C22H30F3N5O2S2. The third-order valence-electron chi connectivity index (χ3n) is 7.41. The summed E-state index contributed by atoms with van der Waals surface area (Å²) in [6, 6.07) is 2.54. The van der Waals surface area contributed by atoms with E-state index in [9.17, 15) is 21.6 Å². The van der Waals surface area contributed by atoms with Crippen molar-refractivity contribution in [3.8, 4) is 0 Å². The lowest BCUT2D eigenvalue weighted by molar-refractivity contribution is -0.126. The largest absolute Gasteiger partial charge is 0.393 e. The van der Waals surface area contributed by atoms with E-state index in [2.05, 4.69) is 24.9 Å². The van der Waals surface area contributed by atoms with Crippen LogP contribution < -0.4 is 14.9 Å². The number of hydrogen-bond acceptors (Lipinski definition) is 7. The zero-order valence-electron chi connectivity index (χ0n) is 19.1. The summed E-state index contributed by atoms with van der Waals surface area (Å²) in [5, 5.41) is 4.49. The molecule has 3 aliphatic rings. The number of fused-ring (bicyclic) bond motifs is 1. The molecule has 0 atom stereocenters. The van der Waals surface area contributed by atoms with Crippen LogP contribution in [0.25, 0.3) is 10.2 Å². The van der Waals surface area contributed by atoms with Crippen LogP contribution in [0, 0.1) is 5.41 Å². The third-order valence-corrected chi connectivity index (χ3v) is 9.21. The molecule has 2 saturated carbocycles. The highest BCUT2D eigenvalue weighted by molar-refractivity contribution is 7.88. The summed E-state index contributed by atoms with van der Waals surface area (Å²) in [7, 11) is -3.16. The minimum absolute atomic E-state index is 0.0441. The van der Waals surface area contributed by atoms with Crippen molar-refractivity contribution < 1.29 is 21.6 Å².